The number of rotatable bonds is 4. The largest absolute Gasteiger partial charge is 0.394 e. The Morgan fingerprint density at radius 1 is 1.32 bits per heavy atom. The van der Waals surface area contributed by atoms with Gasteiger partial charge in [0.1, 0.15) is 24.4 Å². The first-order valence-corrected chi connectivity index (χ1v) is 6.52. The van der Waals surface area contributed by atoms with E-state index >= 15 is 0 Å². The van der Waals surface area contributed by atoms with Crippen LogP contribution in [-0.2, 0) is 14.3 Å². The van der Waals surface area contributed by atoms with Crippen LogP contribution in [0.15, 0.2) is 0 Å². The molecule has 1 aliphatic rings. The standard InChI is InChI=1S/C10H19NO6.C2H6/c1-3-16-10-7(11-5(2)13)9(15)8(14)6(4-12)17-10;1-2/h6-10,12,14-15H,3-4H2,1-2H3,(H,11,13);1-2H3. The lowest BCUT2D eigenvalue weighted by Gasteiger charge is -2.42. The van der Waals surface area contributed by atoms with Gasteiger partial charge in [0, 0.05) is 13.5 Å². The van der Waals surface area contributed by atoms with Crippen molar-refractivity contribution >= 4 is 5.91 Å². The van der Waals surface area contributed by atoms with Gasteiger partial charge in [-0.05, 0) is 6.92 Å². The zero-order valence-corrected chi connectivity index (χ0v) is 11.9. The van der Waals surface area contributed by atoms with Gasteiger partial charge in [0.25, 0.3) is 0 Å². The third-order valence-electron chi connectivity index (χ3n) is 2.58. The highest BCUT2D eigenvalue weighted by atomic mass is 16.7. The highest BCUT2D eigenvalue weighted by Crippen LogP contribution is 2.21. The Balaban J connectivity index is 0.00000154. The molecule has 1 heterocycles. The van der Waals surface area contributed by atoms with E-state index in [1.165, 1.54) is 6.92 Å². The molecule has 7 nitrogen and oxygen atoms in total. The summed E-state index contributed by atoms with van der Waals surface area (Å²) in [5.41, 5.74) is 0. The van der Waals surface area contributed by atoms with E-state index in [1.807, 2.05) is 13.8 Å². The van der Waals surface area contributed by atoms with Crippen molar-refractivity contribution in [3.05, 3.63) is 0 Å². The molecule has 0 aromatic carbocycles. The minimum atomic E-state index is -1.27. The van der Waals surface area contributed by atoms with Gasteiger partial charge in [-0.3, -0.25) is 4.79 Å². The van der Waals surface area contributed by atoms with Crippen molar-refractivity contribution in [1.29, 1.82) is 0 Å². The van der Waals surface area contributed by atoms with E-state index in [9.17, 15) is 15.0 Å². The van der Waals surface area contributed by atoms with Crippen molar-refractivity contribution in [3.8, 4) is 0 Å². The van der Waals surface area contributed by atoms with E-state index in [0.29, 0.717) is 6.61 Å². The molecule has 5 unspecified atom stereocenters. The molecule has 0 bridgehead atoms. The maximum Gasteiger partial charge on any atom is 0.217 e. The number of aliphatic hydroxyl groups is 3. The van der Waals surface area contributed by atoms with Gasteiger partial charge in [0.05, 0.1) is 6.61 Å². The normalized spacial score (nSPS) is 34.2. The highest BCUT2D eigenvalue weighted by Gasteiger charge is 2.45. The lowest BCUT2D eigenvalue weighted by atomic mass is 9.97. The van der Waals surface area contributed by atoms with E-state index in [2.05, 4.69) is 5.32 Å². The van der Waals surface area contributed by atoms with Crippen molar-refractivity contribution in [2.24, 2.45) is 0 Å². The second kappa shape index (κ2) is 9.22. The van der Waals surface area contributed by atoms with Crippen LogP contribution in [0.4, 0.5) is 0 Å². The van der Waals surface area contributed by atoms with Crippen molar-refractivity contribution < 1.29 is 29.6 Å². The summed E-state index contributed by atoms with van der Waals surface area (Å²) < 4.78 is 10.5. The van der Waals surface area contributed by atoms with Gasteiger partial charge >= 0.3 is 0 Å². The molecular weight excluding hydrogens is 254 g/mol. The van der Waals surface area contributed by atoms with Crippen molar-refractivity contribution in [2.75, 3.05) is 13.2 Å². The van der Waals surface area contributed by atoms with Gasteiger partial charge in [-0.25, -0.2) is 0 Å². The Bertz CT molecular complexity index is 263. The predicted molar refractivity (Wildman–Crippen MR) is 68.3 cm³/mol. The highest BCUT2D eigenvalue weighted by molar-refractivity contribution is 5.73. The molecule has 1 saturated heterocycles. The van der Waals surface area contributed by atoms with Crippen molar-refractivity contribution in [3.63, 3.8) is 0 Å². The van der Waals surface area contributed by atoms with Gasteiger partial charge in [-0.1, -0.05) is 13.8 Å². The number of hydrogen-bond donors (Lipinski definition) is 4. The lowest BCUT2D eigenvalue weighted by molar-refractivity contribution is -0.268. The first-order chi connectivity index (χ1) is 9.01. The van der Waals surface area contributed by atoms with Crippen LogP contribution in [0.3, 0.4) is 0 Å². The zero-order valence-electron chi connectivity index (χ0n) is 11.9. The molecule has 7 heteroatoms. The number of nitrogens with one attached hydrogen (secondary N) is 1. The van der Waals surface area contributed by atoms with E-state index in [0.717, 1.165) is 0 Å². The summed E-state index contributed by atoms with van der Waals surface area (Å²) >= 11 is 0. The zero-order chi connectivity index (χ0) is 15.0. The number of aliphatic hydroxyl groups excluding tert-OH is 3. The second-order valence-corrected chi connectivity index (χ2v) is 3.89. The molecule has 4 N–H and O–H groups in total. The van der Waals surface area contributed by atoms with Crippen LogP contribution in [0.25, 0.3) is 0 Å². The van der Waals surface area contributed by atoms with E-state index in [4.69, 9.17) is 14.6 Å². The predicted octanol–water partition coefficient (Wildman–Crippen LogP) is -1.01. The molecule has 19 heavy (non-hydrogen) atoms. The van der Waals surface area contributed by atoms with Crippen molar-refractivity contribution in [1.82, 2.24) is 5.32 Å². The molecular formula is C12H25NO6. The number of hydrogen-bond acceptors (Lipinski definition) is 6. The number of ether oxygens (including phenoxy) is 2. The average Bonchev–Trinajstić information content (AvgIpc) is 2.40. The molecule has 1 aliphatic heterocycles. The smallest absolute Gasteiger partial charge is 0.217 e. The summed E-state index contributed by atoms with van der Waals surface area (Å²) in [4.78, 5) is 11.0. The molecule has 0 spiro atoms. The lowest BCUT2D eigenvalue weighted by Crippen LogP contribution is -2.64. The molecule has 0 saturated carbocycles. The molecule has 1 rings (SSSR count). The van der Waals surface area contributed by atoms with Crippen molar-refractivity contribution in [2.45, 2.75) is 58.3 Å². The fourth-order valence-electron chi connectivity index (χ4n) is 1.78. The van der Waals surface area contributed by atoms with Crippen LogP contribution in [-0.4, -0.2) is 65.1 Å². The molecule has 0 aromatic rings. The monoisotopic (exact) mass is 279 g/mol. The van der Waals surface area contributed by atoms with Crippen LogP contribution in [0.2, 0.25) is 0 Å². The van der Waals surface area contributed by atoms with Gasteiger partial charge in [0.2, 0.25) is 5.91 Å². The van der Waals surface area contributed by atoms with Crippen LogP contribution in [0.1, 0.15) is 27.7 Å². The van der Waals surface area contributed by atoms with Gasteiger partial charge in [-0.2, -0.15) is 0 Å². The second-order valence-electron chi connectivity index (χ2n) is 3.89. The minimum absolute atomic E-state index is 0.321. The third-order valence-corrected chi connectivity index (χ3v) is 2.58. The molecule has 0 radical (unpaired) electrons. The minimum Gasteiger partial charge on any atom is -0.394 e. The fourth-order valence-corrected chi connectivity index (χ4v) is 1.78. The Morgan fingerprint density at radius 3 is 2.32 bits per heavy atom. The first-order valence-electron chi connectivity index (χ1n) is 6.52. The molecule has 114 valence electrons. The molecule has 0 aromatic heterocycles. The molecule has 5 atom stereocenters. The van der Waals surface area contributed by atoms with Crippen LogP contribution >= 0.6 is 0 Å². The van der Waals surface area contributed by atoms with E-state index in [1.54, 1.807) is 6.92 Å². The SMILES string of the molecule is CC.CCOC1OC(CO)C(O)C(O)C1NC(C)=O. The molecule has 1 amide bonds. The number of amides is 1. The van der Waals surface area contributed by atoms with Gasteiger partial charge in [0.15, 0.2) is 6.29 Å². The van der Waals surface area contributed by atoms with Crippen LogP contribution in [0, 0.1) is 0 Å². The number of carbonyl (C=O) groups is 1. The maximum absolute atomic E-state index is 11.0. The topological polar surface area (TPSA) is 108 Å². The summed E-state index contributed by atoms with van der Waals surface area (Å²) in [6.45, 7) is 6.91. The van der Waals surface area contributed by atoms with E-state index in [-0.39, 0.29) is 5.91 Å². The summed E-state index contributed by atoms with van der Waals surface area (Å²) in [5, 5.41) is 31.0. The van der Waals surface area contributed by atoms with Gasteiger partial charge < -0.3 is 30.1 Å². The van der Waals surface area contributed by atoms with Crippen LogP contribution in [0.5, 0.6) is 0 Å². The Hall–Kier alpha value is -0.730. The first kappa shape index (κ1) is 18.3. The average molecular weight is 279 g/mol. The quantitative estimate of drug-likeness (QED) is 0.525. The fraction of sp³-hybridized carbons (Fsp3) is 0.917. The van der Waals surface area contributed by atoms with Crippen LogP contribution < -0.4 is 5.32 Å². The summed E-state index contributed by atoms with van der Waals surface area (Å²) in [7, 11) is 0. The Kier molecular flexibility index (Phi) is 8.86. The Labute approximate surface area is 113 Å². The van der Waals surface area contributed by atoms with Gasteiger partial charge in [-0.15, -0.1) is 0 Å². The van der Waals surface area contributed by atoms with E-state index < -0.39 is 37.3 Å². The maximum atomic E-state index is 11.0. The molecule has 1 fully saturated rings. The summed E-state index contributed by atoms with van der Waals surface area (Å²) in [6.07, 6.45) is -4.33. The molecule has 0 aliphatic carbocycles. The summed E-state index contributed by atoms with van der Waals surface area (Å²) in [5.74, 6) is -0.364. The Morgan fingerprint density at radius 2 is 1.89 bits per heavy atom. The third kappa shape index (κ3) is 5.04. The summed E-state index contributed by atoms with van der Waals surface area (Å²) in [6, 6.07) is -0.856. The number of carbonyl (C=O) groups excluding carboxylic acids is 1.